The Hall–Kier alpha value is -1.42. The maximum absolute atomic E-state index is 12.6. The third kappa shape index (κ3) is 13.0. The highest BCUT2D eigenvalue weighted by Crippen LogP contribution is 2.35. The van der Waals surface area contributed by atoms with Crippen LogP contribution in [0.25, 0.3) is 0 Å². The lowest BCUT2D eigenvalue weighted by Crippen LogP contribution is -2.72. The molecular formula is C32H61N3O10. The predicted molar refractivity (Wildman–Crippen MR) is 168 cm³/mol. The zero-order valence-corrected chi connectivity index (χ0v) is 29.8. The summed E-state index contributed by atoms with van der Waals surface area (Å²) in [5.41, 5.74) is -2.23. The molecule has 264 valence electrons. The van der Waals surface area contributed by atoms with Crippen LogP contribution in [0.3, 0.4) is 0 Å². The molecule has 2 aliphatic rings. The molecule has 10 atom stereocenters. The van der Waals surface area contributed by atoms with Gasteiger partial charge in [-0.3, -0.25) is 14.9 Å². The van der Waals surface area contributed by atoms with Gasteiger partial charge in [0.05, 0.1) is 36.1 Å². The number of hydrogen-bond acceptors (Lipinski definition) is 11. The molecule has 0 bridgehead atoms. The van der Waals surface area contributed by atoms with Crippen molar-refractivity contribution in [3.63, 3.8) is 0 Å². The van der Waals surface area contributed by atoms with Crippen molar-refractivity contribution in [3.05, 3.63) is 0 Å². The molecule has 13 nitrogen and oxygen atoms in total. The van der Waals surface area contributed by atoms with E-state index in [1.807, 2.05) is 83.1 Å². The predicted octanol–water partition coefficient (Wildman–Crippen LogP) is 1.75. The second-order valence-electron chi connectivity index (χ2n) is 16.1. The number of nitrogens with one attached hydrogen (secondary N) is 3. The SMILES string of the molecule is CC(=O)NC1C(NC(C)(C)C)OC(CO)C(OC2OC(COC(C)(C)C)C(OC(C)(C)C)C(OC(C)(C)C)C2NC(C)=O)C1O. The fourth-order valence-electron chi connectivity index (χ4n) is 5.34. The van der Waals surface area contributed by atoms with Crippen LogP contribution in [0, 0.1) is 0 Å². The van der Waals surface area contributed by atoms with Gasteiger partial charge in [0.1, 0.15) is 48.9 Å². The van der Waals surface area contributed by atoms with Crippen LogP contribution in [0.2, 0.25) is 0 Å². The third-order valence-corrected chi connectivity index (χ3v) is 6.81. The number of hydrogen-bond donors (Lipinski definition) is 5. The molecule has 0 aromatic rings. The molecule has 0 aromatic heterocycles. The van der Waals surface area contributed by atoms with E-state index < -0.39 is 90.2 Å². The number of carbonyl (C=O) groups is 2. The van der Waals surface area contributed by atoms with Crippen molar-refractivity contribution >= 4 is 11.8 Å². The average Bonchev–Trinajstić information content (AvgIpc) is 2.81. The van der Waals surface area contributed by atoms with Crippen molar-refractivity contribution in [2.45, 2.75) is 180 Å². The molecule has 0 aliphatic carbocycles. The molecule has 2 heterocycles. The summed E-state index contributed by atoms with van der Waals surface area (Å²) in [4.78, 5) is 24.8. The first-order valence-corrected chi connectivity index (χ1v) is 15.9. The highest BCUT2D eigenvalue weighted by atomic mass is 16.7. The molecule has 45 heavy (non-hydrogen) atoms. The Morgan fingerprint density at radius 3 is 1.67 bits per heavy atom. The largest absolute Gasteiger partial charge is 0.394 e. The Kier molecular flexibility index (Phi) is 13.4. The summed E-state index contributed by atoms with van der Waals surface area (Å²) >= 11 is 0. The van der Waals surface area contributed by atoms with Gasteiger partial charge in [0.25, 0.3) is 0 Å². The molecule has 2 rings (SSSR count). The number of ether oxygens (including phenoxy) is 6. The van der Waals surface area contributed by atoms with Gasteiger partial charge in [-0.25, -0.2) is 0 Å². The minimum absolute atomic E-state index is 0.111. The van der Waals surface area contributed by atoms with Crippen molar-refractivity contribution in [2.24, 2.45) is 0 Å². The molecule has 5 N–H and O–H groups in total. The zero-order valence-electron chi connectivity index (χ0n) is 29.8. The number of aliphatic hydroxyl groups excluding tert-OH is 2. The van der Waals surface area contributed by atoms with E-state index in [1.54, 1.807) is 0 Å². The first-order valence-electron chi connectivity index (χ1n) is 15.9. The normalized spacial score (nSPS) is 33.5. The van der Waals surface area contributed by atoms with Gasteiger partial charge in [-0.1, -0.05) is 0 Å². The van der Waals surface area contributed by atoms with Crippen molar-refractivity contribution in [1.29, 1.82) is 0 Å². The first kappa shape index (κ1) is 39.8. The molecule has 2 saturated heterocycles. The van der Waals surface area contributed by atoms with E-state index in [9.17, 15) is 19.8 Å². The Labute approximate surface area is 269 Å². The van der Waals surface area contributed by atoms with Crippen LogP contribution in [-0.4, -0.2) is 119 Å². The highest BCUT2D eigenvalue weighted by Gasteiger charge is 2.54. The summed E-state index contributed by atoms with van der Waals surface area (Å²) < 4.78 is 38.5. The Balaban J connectivity index is 2.61. The lowest BCUT2D eigenvalue weighted by atomic mass is 9.92. The summed E-state index contributed by atoms with van der Waals surface area (Å²) in [6.07, 6.45) is -7.76. The van der Waals surface area contributed by atoms with E-state index in [0.717, 1.165) is 0 Å². The Morgan fingerprint density at radius 2 is 1.22 bits per heavy atom. The van der Waals surface area contributed by atoms with Crippen LogP contribution in [0.15, 0.2) is 0 Å². The van der Waals surface area contributed by atoms with Crippen molar-refractivity contribution in [2.75, 3.05) is 13.2 Å². The zero-order chi connectivity index (χ0) is 34.7. The van der Waals surface area contributed by atoms with E-state index in [0.29, 0.717) is 0 Å². The molecule has 2 fully saturated rings. The van der Waals surface area contributed by atoms with Gasteiger partial charge in [0.15, 0.2) is 6.29 Å². The van der Waals surface area contributed by atoms with Crippen molar-refractivity contribution < 1.29 is 48.2 Å². The molecule has 2 aliphatic heterocycles. The molecule has 0 radical (unpaired) electrons. The fraction of sp³-hybridized carbons (Fsp3) is 0.938. The molecule has 10 unspecified atom stereocenters. The lowest BCUT2D eigenvalue weighted by molar-refractivity contribution is -0.338. The van der Waals surface area contributed by atoms with Gasteiger partial charge in [-0.2, -0.15) is 0 Å². The smallest absolute Gasteiger partial charge is 0.217 e. The summed E-state index contributed by atoms with van der Waals surface area (Å²) in [7, 11) is 0. The minimum atomic E-state index is -1.34. The maximum Gasteiger partial charge on any atom is 0.217 e. The van der Waals surface area contributed by atoms with Gasteiger partial charge in [0.2, 0.25) is 11.8 Å². The van der Waals surface area contributed by atoms with Crippen LogP contribution in [0.5, 0.6) is 0 Å². The molecule has 2 amide bonds. The second-order valence-corrected chi connectivity index (χ2v) is 16.1. The summed E-state index contributed by atoms with van der Waals surface area (Å²) in [6, 6.07) is -1.84. The summed E-state index contributed by atoms with van der Waals surface area (Å²) in [5.74, 6) is -0.738. The van der Waals surface area contributed by atoms with Crippen LogP contribution >= 0.6 is 0 Å². The van der Waals surface area contributed by atoms with Crippen molar-refractivity contribution in [1.82, 2.24) is 16.0 Å². The second kappa shape index (κ2) is 15.2. The molecule has 0 spiro atoms. The topological polar surface area (TPSA) is 166 Å². The molecule has 0 aromatic carbocycles. The Morgan fingerprint density at radius 1 is 0.711 bits per heavy atom. The monoisotopic (exact) mass is 647 g/mol. The lowest BCUT2D eigenvalue weighted by Gasteiger charge is -2.52. The number of aliphatic hydroxyl groups is 2. The van der Waals surface area contributed by atoms with E-state index >= 15 is 0 Å². The molecular weight excluding hydrogens is 586 g/mol. The van der Waals surface area contributed by atoms with Gasteiger partial charge in [0, 0.05) is 19.4 Å². The number of amides is 2. The van der Waals surface area contributed by atoms with Gasteiger partial charge < -0.3 is 49.3 Å². The standard InChI is InChI=1S/C32H61N3O10/c1-17(37)33-21-23(39)24(19(15-36)41-27(21)35-29(3,4)5)43-28-22(34-18(2)38)26(45-32(12,13)14)25(44-31(9,10)11)20(42-28)16-40-30(6,7)8/h19-28,35-36,39H,15-16H2,1-14H3,(H,33,37)(H,34,38). The summed E-state index contributed by atoms with van der Waals surface area (Å²) in [5, 5.41) is 31.0. The Bertz CT molecular complexity index is 968. The number of carbonyl (C=O) groups excluding carboxylic acids is 2. The minimum Gasteiger partial charge on any atom is -0.394 e. The quantitative estimate of drug-likeness (QED) is 0.235. The number of rotatable bonds is 10. The maximum atomic E-state index is 12.6. The van der Waals surface area contributed by atoms with E-state index in [4.69, 9.17) is 28.4 Å². The summed E-state index contributed by atoms with van der Waals surface area (Å²) in [6.45, 7) is 25.4. The average molecular weight is 648 g/mol. The van der Waals surface area contributed by atoms with Gasteiger partial charge >= 0.3 is 0 Å². The van der Waals surface area contributed by atoms with Crippen LogP contribution in [0.1, 0.15) is 96.9 Å². The van der Waals surface area contributed by atoms with Crippen LogP contribution < -0.4 is 16.0 Å². The highest BCUT2D eigenvalue weighted by molar-refractivity contribution is 5.73. The van der Waals surface area contributed by atoms with Crippen LogP contribution in [-0.2, 0) is 38.0 Å². The van der Waals surface area contributed by atoms with E-state index in [2.05, 4.69) is 16.0 Å². The first-order chi connectivity index (χ1) is 20.3. The van der Waals surface area contributed by atoms with Crippen molar-refractivity contribution in [3.8, 4) is 0 Å². The third-order valence-electron chi connectivity index (χ3n) is 6.81. The van der Waals surface area contributed by atoms with Crippen LogP contribution in [0.4, 0.5) is 0 Å². The van der Waals surface area contributed by atoms with E-state index in [-0.39, 0.29) is 18.4 Å². The van der Waals surface area contributed by atoms with E-state index in [1.165, 1.54) is 13.8 Å². The van der Waals surface area contributed by atoms with Gasteiger partial charge in [-0.05, 0) is 83.1 Å². The molecule has 13 heteroatoms. The fourth-order valence-corrected chi connectivity index (χ4v) is 5.34. The van der Waals surface area contributed by atoms with Gasteiger partial charge in [-0.15, -0.1) is 0 Å². The molecule has 0 saturated carbocycles.